The van der Waals surface area contributed by atoms with Crippen LogP contribution in [0.1, 0.15) is 16.7 Å². The molecule has 0 spiro atoms. The van der Waals surface area contributed by atoms with E-state index in [1.807, 2.05) is 12.1 Å². The molecule has 1 heterocycles. The van der Waals surface area contributed by atoms with E-state index in [2.05, 4.69) is 44.8 Å². The summed E-state index contributed by atoms with van der Waals surface area (Å²) in [7, 11) is 0. The normalized spacial score (nSPS) is 11.0. The smallest absolute Gasteiger partial charge is 0.270 e. The minimum Gasteiger partial charge on any atom is -0.507 e. The van der Waals surface area contributed by atoms with Crippen LogP contribution in [-0.2, 0) is 5.75 Å². The van der Waals surface area contributed by atoms with E-state index in [1.54, 1.807) is 0 Å². The summed E-state index contributed by atoms with van der Waals surface area (Å²) in [6.45, 7) is 2.05. The third kappa shape index (κ3) is 4.82. The molecule has 0 radical (unpaired) electrons. The zero-order chi connectivity index (χ0) is 19.2. The molecule has 9 nitrogen and oxygen atoms in total. The zero-order valence-corrected chi connectivity index (χ0v) is 15.1. The van der Waals surface area contributed by atoms with E-state index in [9.17, 15) is 15.2 Å². The zero-order valence-electron chi connectivity index (χ0n) is 14.3. The summed E-state index contributed by atoms with van der Waals surface area (Å²) >= 11 is 1.49. The summed E-state index contributed by atoms with van der Waals surface area (Å²) in [6, 6.07) is 11.8. The molecule has 3 rings (SSSR count). The average Bonchev–Trinajstić information content (AvgIpc) is 3.10. The molecule has 0 unspecified atom stereocenters. The summed E-state index contributed by atoms with van der Waals surface area (Å²) in [4.78, 5) is 14.5. The number of nitrogens with zero attached hydrogens (tertiary/aromatic N) is 4. The van der Waals surface area contributed by atoms with Gasteiger partial charge in [0.1, 0.15) is 5.75 Å². The van der Waals surface area contributed by atoms with E-state index in [1.165, 1.54) is 47.3 Å². The van der Waals surface area contributed by atoms with Crippen molar-refractivity contribution >= 4 is 29.6 Å². The number of nitrogens with one attached hydrogen (secondary N) is 2. The minimum atomic E-state index is -0.543. The van der Waals surface area contributed by atoms with Crippen molar-refractivity contribution in [3.8, 4) is 5.75 Å². The summed E-state index contributed by atoms with van der Waals surface area (Å²) in [6.07, 6.45) is 1.27. The lowest BCUT2D eigenvalue weighted by molar-refractivity contribution is -0.384. The number of nitro groups is 1. The molecule has 10 heteroatoms. The number of H-pyrrole nitrogens is 1. The summed E-state index contributed by atoms with van der Waals surface area (Å²) < 4.78 is 0. The van der Waals surface area contributed by atoms with Gasteiger partial charge in [0.15, 0.2) is 0 Å². The fourth-order valence-corrected chi connectivity index (χ4v) is 3.07. The molecule has 0 aliphatic heterocycles. The Balaban J connectivity index is 1.60. The molecule has 3 aromatic rings. The first-order valence-electron chi connectivity index (χ1n) is 7.89. The molecule has 0 atom stereocenters. The van der Waals surface area contributed by atoms with Crippen LogP contribution in [0.5, 0.6) is 5.75 Å². The molecule has 0 aliphatic carbocycles. The number of aromatic nitrogens is 3. The third-order valence-corrected chi connectivity index (χ3v) is 4.58. The number of non-ortho nitro benzene ring substituents is 1. The Labute approximate surface area is 158 Å². The van der Waals surface area contributed by atoms with Gasteiger partial charge >= 0.3 is 0 Å². The standard InChI is InChI=1S/C17H16N6O3S/c1-11-4-2-3-5-12(11)10-27-17-19-16(21-22-17)20-18-9-13-8-14(23(25)26)6-7-15(13)24/h2-9,24H,10H2,1H3,(H2,19,20,21,22). The minimum absolute atomic E-state index is 0.113. The van der Waals surface area contributed by atoms with Gasteiger partial charge in [-0.1, -0.05) is 36.0 Å². The van der Waals surface area contributed by atoms with Gasteiger partial charge in [-0.15, -0.1) is 5.10 Å². The second-order valence-corrected chi connectivity index (χ2v) is 6.49. The molecule has 0 saturated carbocycles. The van der Waals surface area contributed by atoms with Crippen molar-refractivity contribution in [3.63, 3.8) is 0 Å². The maximum Gasteiger partial charge on any atom is 0.270 e. The van der Waals surface area contributed by atoms with Crippen LogP contribution >= 0.6 is 11.8 Å². The molecule has 138 valence electrons. The molecule has 27 heavy (non-hydrogen) atoms. The van der Waals surface area contributed by atoms with Crippen LogP contribution in [0, 0.1) is 17.0 Å². The van der Waals surface area contributed by atoms with E-state index in [0.29, 0.717) is 11.1 Å². The number of anilines is 1. The van der Waals surface area contributed by atoms with Crippen molar-refractivity contribution in [1.29, 1.82) is 0 Å². The lowest BCUT2D eigenvalue weighted by Gasteiger charge is -2.02. The Kier molecular flexibility index (Phi) is 5.67. The van der Waals surface area contributed by atoms with Gasteiger partial charge in [-0.2, -0.15) is 10.1 Å². The van der Waals surface area contributed by atoms with Gasteiger partial charge in [0.05, 0.1) is 11.1 Å². The van der Waals surface area contributed by atoms with Crippen molar-refractivity contribution in [2.75, 3.05) is 5.43 Å². The van der Waals surface area contributed by atoms with E-state index >= 15 is 0 Å². The maximum atomic E-state index is 10.8. The quantitative estimate of drug-likeness (QED) is 0.246. The van der Waals surface area contributed by atoms with Gasteiger partial charge < -0.3 is 5.11 Å². The molecule has 0 saturated heterocycles. The second kappa shape index (κ2) is 8.32. The summed E-state index contributed by atoms with van der Waals surface area (Å²) in [5, 5.41) is 31.8. The number of aryl methyl sites for hydroxylation is 1. The average molecular weight is 384 g/mol. The third-order valence-electron chi connectivity index (χ3n) is 3.68. The Morgan fingerprint density at radius 2 is 2.19 bits per heavy atom. The van der Waals surface area contributed by atoms with E-state index in [-0.39, 0.29) is 17.0 Å². The highest BCUT2D eigenvalue weighted by Gasteiger charge is 2.09. The number of benzene rings is 2. The number of thioether (sulfide) groups is 1. The van der Waals surface area contributed by atoms with Crippen molar-refractivity contribution in [2.24, 2.45) is 5.10 Å². The van der Waals surface area contributed by atoms with Crippen molar-refractivity contribution < 1.29 is 10.0 Å². The van der Waals surface area contributed by atoms with Gasteiger partial charge in [-0.25, -0.2) is 10.5 Å². The van der Waals surface area contributed by atoms with Gasteiger partial charge in [0, 0.05) is 23.4 Å². The molecule has 2 aromatic carbocycles. The van der Waals surface area contributed by atoms with Gasteiger partial charge in [0.2, 0.25) is 11.1 Å². The van der Waals surface area contributed by atoms with E-state index in [4.69, 9.17) is 0 Å². The van der Waals surface area contributed by atoms with Crippen molar-refractivity contribution in [2.45, 2.75) is 17.8 Å². The van der Waals surface area contributed by atoms with E-state index < -0.39 is 4.92 Å². The molecular formula is C17H16N6O3S. The van der Waals surface area contributed by atoms with Crippen LogP contribution in [0.2, 0.25) is 0 Å². The monoisotopic (exact) mass is 384 g/mol. The maximum absolute atomic E-state index is 10.8. The predicted molar refractivity (Wildman–Crippen MR) is 103 cm³/mol. The number of phenols is 1. The molecule has 0 bridgehead atoms. The topological polar surface area (TPSA) is 129 Å². The molecule has 1 aromatic heterocycles. The number of phenolic OH excluding ortho intramolecular Hbond substituents is 1. The Bertz CT molecular complexity index is 988. The molecule has 3 N–H and O–H groups in total. The van der Waals surface area contributed by atoms with Crippen LogP contribution in [-0.4, -0.2) is 31.4 Å². The lowest BCUT2D eigenvalue weighted by atomic mass is 10.1. The fourth-order valence-electron chi connectivity index (χ4n) is 2.20. The van der Waals surface area contributed by atoms with Crippen LogP contribution in [0.4, 0.5) is 11.6 Å². The molecule has 0 amide bonds. The summed E-state index contributed by atoms with van der Waals surface area (Å²) in [5.41, 5.74) is 5.14. The van der Waals surface area contributed by atoms with Crippen LogP contribution in [0.25, 0.3) is 0 Å². The number of rotatable bonds is 7. The molecular weight excluding hydrogens is 368 g/mol. The first-order valence-corrected chi connectivity index (χ1v) is 8.87. The molecule has 0 aliphatic rings. The Morgan fingerprint density at radius 1 is 1.37 bits per heavy atom. The highest BCUT2D eigenvalue weighted by atomic mass is 32.2. The Hall–Kier alpha value is -3.40. The molecule has 0 fully saturated rings. The van der Waals surface area contributed by atoms with Crippen LogP contribution in [0.3, 0.4) is 0 Å². The first-order chi connectivity index (χ1) is 13.0. The SMILES string of the molecule is Cc1ccccc1CSc1n[nH]c(NN=Cc2cc([N+](=O)[O-])ccc2O)n1. The number of aromatic amines is 1. The van der Waals surface area contributed by atoms with Crippen LogP contribution in [0.15, 0.2) is 52.7 Å². The van der Waals surface area contributed by atoms with E-state index in [0.717, 1.165) is 5.75 Å². The lowest BCUT2D eigenvalue weighted by Crippen LogP contribution is -1.94. The first kappa shape index (κ1) is 18.4. The second-order valence-electron chi connectivity index (χ2n) is 5.55. The summed E-state index contributed by atoms with van der Waals surface area (Å²) in [5.74, 6) is 0.955. The highest BCUT2D eigenvalue weighted by molar-refractivity contribution is 7.98. The van der Waals surface area contributed by atoms with Gasteiger partial charge in [0.25, 0.3) is 5.69 Å². The van der Waals surface area contributed by atoms with Gasteiger partial charge in [-0.3, -0.25) is 10.1 Å². The van der Waals surface area contributed by atoms with Crippen LogP contribution < -0.4 is 5.43 Å². The Morgan fingerprint density at radius 3 is 2.96 bits per heavy atom. The van der Waals surface area contributed by atoms with Gasteiger partial charge in [-0.05, 0) is 24.1 Å². The predicted octanol–water partition coefficient (Wildman–Crippen LogP) is 3.47. The number of hydrogen-bond acceptors (Lipinski definition) is 8. The van der Waals surface area contributed by atoms with Crippen molar-refractivity contribution in [3.05, 3.63) is 69.3 Å². The number of hydrazone groups is 1. The number of hydrogen-bond donors (Lipinski definition) is 3. The number of aromatic hydroxyl groups is 1. The fraction of sp³-hybridized carbons (Fsp3) is 0.118. The highest BCUT2D eigenvalue weighted by Crippen LogP contribution is 2.23. The number of nitro benzene ring substituents is 1. The largest absolute Gasteiger partial charge is 0.507 e. The van der Waals surface area contributed by atoms with Crippen molar-refractivity contribution in [1.82, 2.24) is 15.2 Å².